The van der Waals surface area contributed by atoms with Crippen LogP contribution in [0.5, 0.6) is 0 Å². The summed E-state index contributed by atoms with van der Waals surface area (Å²) in [5, 5.41) is 9.42. The van der Waals surface area contributed by atoms with Crippen LogP contribution in [0.25, 0.3) is 11.4 Å². The van der Waals surface area contributed by atoms with Crippen molar-refractivity contribution in [1.29, 1.82) is 0 Å². The summed E-state index contributed by atoms with van der Waals surface area (Å²) in [6, 6.07) is 6.80. The third kappa shape index (κ3) is 3.34. The third-order valence-electron chi connectivity index (χ3n) is 3.16. The van der Waals surface area contributed by atoms with Crippen molar-refractivity contribution in [2.75, 3.05) is 5.32 Å². The van der Waals surface area contributed by atoms with Gasteiger partial charge in [-0.1, -0.05) is 18.2 Å². The lowest BCUT2D eigenvalue weighted by atomic mass is 10.1. The largest absolute Gasteiger partial charge is 0.417 e. The number of aryl methyl sites for hydroxylation is 2. The zero-order chi connectivity index (χ0) is 17.3. The fraction of sp³-hybridized carbons (Fsp3) is 0.200. The predicted octanol–water partition coefficient (Wildman–Crippen LogP) is 3.64. The van der Waals surface area contributed by atoms with Crippen molar-refractivity contribution in [1.82, 2.24) is 25.1 Å². The van der Waals surface area contributed by atoms with E-state index in [0.29, 0.717) is 17.3 Å². The Hall–Kier alpha value is -2.97. The molecule has 0 bridgehead atoms. The molecule has 2 heterocycles. The van der Waals surface area contributed by atoms with Crippen LogP contribution in [0.3, 0.4) is 0 Å². The van der Waals surface area contributed by atoms with Gasteiger partial charge in [0.05, 0.1) is 5.56 Å². The zero-order valence-electron chi connectivity index (χ0n) is 12.8. The summed E-state index contributed by atoms with van der Waals surface area (Å²) in [5.41, 5.74) is -0.343. The lowest BCUT2D eigenvalue weighted by Gasteiger charge is -2.13. The van der Waals surface area contributed by atoms with E-state index in [1.54, 1.807) is 19.9 Å². The van der Waals surface area contributed by atoms with Gasteiger partial charge in [0.25, 0.3) is 0 Å². The fourth-order valence-corrected chi connectivity index (χ4v) is 2.19. The molecule has 0 radical (unpaired) electrons. The SMILES string of the molecule is Cc1cc(Nc2n[nH]c(C)n2)nc(-c2ccccc2C(F)(F)F)n1. The van der Waals surface area contributed by atoms with E-state index in [4.69, 9.17) is 0 Å². The second kappa shape index (κ2) is 5.91. The smallest absolute Gasteiger partial charge is 0.307 e. The highest BCUT2D eigenvalue weighted by molar-refractivity contribution is 5.63. The van der Waals surface area contributed by atoms with Crippen LogP contribution in [-0.4, -0.2) is 25.1 Å². The fourth-order valence-electron chi connectivity index (χ4n) is 2.19. The first-order valence-electron chi connectivity index (χ1n) is 7.01. The van der Waals surface area contributed by atoms with Gasteiger partial charge in [0, 0.05) is 17.3 Å². The number of halogens is 3. The molecule has 0 aliphatic heterocycles. The van der Waals surface area contributed by atoms with Gasteiger partial charge >= 0.3 is 6.18 Å². The van der Waals surface area contributed by atoms with E-state index in [0.717, 1.165) is 6.07 Å². The lowest BCUT2D eigenvalue weighted by molar-refractivity contribution is -0.137. The van der Waals surface area contributed by atoms with E-state index in [9.17, 15) is 13.2 Å². The number of hydrogen-bond acceptors (Lipinski definition) is 5. The van der Waals surface area contributed by atoms with Crippen molar-refractivity contribution in [2.24, 2.45) is 0 Å². The molecule has 0 aliphatic rings. The number of anilines is 2. The highest BCUT2D eigenvalue weighted by Gasteiger charge is 2.34. The van der Waals surface area contributed by atoms with E-state index in [-0.39, 0.29) is 17.3 Å². The molecule has 9 heteroatoms. The molecule has 124 valence electrons. The third-order valence-corrected chi connectivity index (χ3v) is 3.16. The van der Waals surface area contributed by atoms with Crippen molar-refractivity contribution in [3.8, 4) is 11.4 Å². The first-order valence-corrected chi connectivity index (χ1v) is 7.01. The Bertz CT molecular complexity index is 872. The monoisotopic (exact) mass is 334 g/mol. The molecule has 2 aromatic heterocycles. The van der Waals surface area contributed by atoms with Gasteiger partial charge in [0.15, 0.2) is 5.82 Å². The molecule has 0 atom stereocenters. The van der Waals surface area contributed by atoms with Crippen LogP contribution in [0, 0.1) is 13.8 Å². The van der Waals surface area contributed by atoms with E-state index in [2.05, 4.69) is 30.5 Å². The number of rotatable bonds is 3. The van der Waals surface area contributed by atoms with Gasteiger partial charge < -0.3 is 5.32 Å². The zero-order valence-corrected chi connectivity index (χ0v) is 12.8. The van der Waals surface area contributed by atoms with Gasteiger partial charge in [-0.3, -0.25) is 5.10 Å². The predicted molar refractivity (Wildman–Crippen MR) is 81.6 cm³/mol. The van der Waals surface area contributed by atoms with Gasteiger partial charge in [-0.05, 0) is 19.9 Å². The molecule has 3 rings (SSSR count). The molecule has 0 unspecified atom stereocenters. The van der Waals surface area contributed by atoms with Gasteiger partial charge in [0.1, 0.15) is 11.6 Å². The molecular formula is C15H13F3N6. The Morgan fingerprint density at radius 1 is 1.04 bits per heavy atom. The number of nitrogens with one attached hydrogen (secondary N) is 2. The van der Waals surface area contributed by atoms with Crippen molar-refractivity contribution >= 4 is 11.8 Å². The summed E-state index contributed by atoms with van der Waals surface area (Å²) in [6.45, 7) is 3.41. The van der Waals surface area contributed by atoms with E-state index >= 15 is 0 Å². The topological polar surface area (TPSA) is 79.4 Å². The average Bonchev–Trinajstić information content (AvgIpc) is 2.91. The molecule has 2 N–H and O–H groups in total. The van der Waals surface area contributed by atoms with Crippen LogP contribution in [0.15, 0.2) is 30.3 Å². The number of alkyl halides is 3. The first kappa shape index (κ1) is 15.9. The molecule has 6 nitrogen and oxygen atoms in total. The average molecular weight is 334 g/mol. The lowest BCUT2D eigenvalue weighted by Crippen LogP contribution is -2.09. The number of benzene rings is 1. The molecule has 0 spiro atoms. The van der Waals surface area contributed by atoms with Crippen molar-refractivity contribution < 1.29 is 13.2 Å². The van der Waals surface area contributed by atoms with Crippen LogP contribution in [-0.2, 0) is 6.18 Å². The second-order valence-electron chi connectivity index (χ2n) is 5.13. The van der Waals surface area contributed by atoms with E-state index in [1.165, 1.54) is 18.2 Å². The Kier molecular flexibility index (Phi) is 3.92. The molecule has 0 fully saturated rings. The molecule has 0 saturated carbocycles. The molecule has 1 aromatic carbocycles. The van der Waals surface area contributed by atoms with Gasteiger partial charge in [-0.15, -0.1) is 5.10 Å². The second-order valence-corrected chi connectivity index (χ2v) is 5.13. The minimum atomic E-state index is -4.49. The van der Waals surface area contributed by atoms with E-state index < -0.39 is 11.7 Å². The van der Waals surface area contributed by atoms with Gasteiger partial charge in [-0.25, -0.2) is 9.97 Å². The summed E-state index contributed by atoms with van der Waals surface area (Å²) in [7, 11) is 0. The van der Waals surface area contributed by atoms with Crippen LogP contribution >= 0.6 is 0 Å². The summed E-state index contributed by atoms with van der Waals surface area (Å²) in [6.07, 6.45) is -4.49. The molecular weight excluding hydrogens is 321 g/mol. The number of aromatic nitrogens is 5. The summed E-state index contributed by atoms with van der Waals surface area (Å²) in [5.74, 6) is 1.18. The number of hydrogen-bond donors (Lipinski definition) is 2. The minimum Gasteiger partial charge on any atom is -0.307 e. The Morgan fingerprint density at radius 2 is 1.79 bits per heavy atom. The Labute approximate surface area is 135 Å². The van der Waals surface area contributed by atoms with Crippen LogP contribution < -0.4 is 5.32 Å². The summed E-state index contributed by atoms with van der Waals surface area (Å²) >= 11 is 0. The minimum absolute atomic E-state index is 0.0160. The van der Waals surface area contributed by atoms with Crippen LogP contribution in [0.1, 0.15) is 17.1 Å². The van der Waals surface area contributed by atoms with Gasteiger partial charge in [0.2, 0.25) is 5.95 Å². The van der Waals surface area contributed by atoms with E-state index in [1.807, 2.05) is 0 Å². The molecule has 0 amide bonds. The number of aromatic amines is 1. The maximum absolute atomic E-state index is 13.2. The normalized spacial score (nSPS) is 11.5. The standard InChI is InChI=1S/C15H13F3N6/c1-8-7-12(22-14-20-9(2)23-24-14)21-13(19-8)10-5-3-4-6-11(10)15(16,17)18/h3-7H,1-2H3,(H2,19,20,21,22,23,24). The maximum atomic E-state index is 13.2. The molecule has 0 aliphatic carbocycles. The summed E-state index contributed by atoms with van der Waals surface area (Å²) < 4.78 is 39.6. The Morgan fingerprint density at radius 3 is 2.46 bits per heavy atom. The Balaban J connectivity index is 2.04. The van der Waals surface area contributed by atoms with Crippen LogP contribution in [0.2, 0.25) is 0 Å². The number of nitrogens with zero attached hydrogens (tertiary/aromatic N) is 4. The molecule has 0 saturated heterocycles. The van der Waals surface area contributed by atoms with Gasteiger partial charge in [-0.2, -0.15) is 18.2 Å². The summed E-state index contributed by atoms with van der Waals surface area (Å²) in [4.78, 5) is 12.4. The first-order chi connectivity index (χ1) is 11.3. The van der Waals surface area contributed by atoms with Crippen LogP contribution in [0.4, 0.5) is 24.9 Å². The molecule has 3 aromatic rings. The molecule has 24 heavy (non-hydrogen) atoms. The quantitative estimate of drug-likeness (QED) is 0.764. The maximum Gasteiger partial charge on any atom is 0.417 e. The highest BCUT2D eigenvalue weighted by atomic mass is 19.4. The number of H-pyrrole nitrogens is 1. The highest BCUT2D eigenvalue weighted by Crippen LogP contribution is 2.36. The van der Waals surface area contributed by atoms with Crippen molar-refractivity contribution in [3.05, 3.63) is 47.4 Å². The van der Waals surface area contributed by atoms with Crippen molar-refractivity contribution in [3.63, 3.8) is 0 Å². The van der Waals surface area contributed by atoms with Crippen molar-refractivity contribution in [2.45, 2.75) is 20.0 Å².